The van der Waals surface area contributed by atoms with Gasteiger partial charge in [-0.3, -0.25) is 14.4 Å². The van der Waals surface area contributed by atoms with Crippen molar-refractivity contribution < 1.29 is 42.9 Å². The number of hydroxylamine groups is 2. The van der Waals surface area contributed by atoms with E-state index < -0.39 is 58.8 Å². The minimum atomic E-state index is -3.70. The molecule has 0 spiro atoms. The topological polar surface area (TPSA) is 193 Å². The molecule has 4 fully saturated rings. The van der Waals surface area contributed by atoms with Crippen molar-refractivity contribution in [2.45, 2.75) is 83.5 Å². The van der Waals surface area contributed by atoms with Crippen LogP contribution in [0.1, 0.15) is 68.1 Å². The Morgan fingerprint density at radius 1 is 1.03 bits per heavy atom. The highest BCUT2D eigenvalue weighted by Crippen LogP contribution is 2.61. The number of aliphatic hydroxyl groups excluding tert-OH is 3. The summed E-state index contributed by atoms with van der Waals surface area (Å²) in [4.78, 5) is 38.9. The number of amides is 2. The summed E-state index contributed by atoms with van der Waals surface area (Å²) >= 11 is 0. The number of aliphatic hydroxyl groups is 3. The van der Waals surface area contributed by atoms with Crippen LogP contribution in [-0.2, 0) is 26.2 Å². The van der Waals surface area contributed by atoms with Crippen LogP contribution in [0.3, 0.4) is 0 Å². The molecule has 346 valence electrons. The van der Waals surface area contributed by atoms with Gasteiger partial charge in [0.1, 0.15) is 17.9 Å². The number of nitrogens with zero attached hydrogens (tertiary/aromatic N) is 3. The number of hydrogen-bond acceptors (Lipinski definition) is 12. The molecule has 3 aromatic rings. The van der Waals surface area contributed by atoms with Crippen molar-refractivity contribution in [1.29, 1.82) is 0 Å². The molecule has 2 bridgehead atoms. The maximum Gasteiger partial charge on any atom is 0.251 e. The number of rotatable bonds is 19. The number of carbonyl (C=O) groups excluding carboxylic acids is 2. The summed E-state index contributed by atoms with van der Waals surface area (Å²) in [5.41, 5.74) is 3.78. The van der Waals surface area contributed by atoms with E-state index in [-0.39, 0.29) is 48.5 Å². The number of hydrogen-bond donors (Lipinski definition) is 6. The van der Waals surface area contributed by atoms with Crippen LogP contribution in [-0.4, -0.2) is 137 Å². The van der Waals surface area contributed by atoms with Gasteiger partial charge in [-0.2, -0.15) is 5.06 Å². The lowest BCUT2D eigenvalue weighted by Gasteiger charge is -2.62. The van der Waals surface area contributed by atoms with Crippen LogP contribution in [0.2, 0.25) is 0 Å². The molecule has 4 aliphatic rings. The zero-order chi connectivity index (χ0) is 46.0. The van der Waals surface area contributed by atoms with Gasteiger partial charge in [-0.15, -0.1) is 0 Å². The summed E-state index contributed by atoms with van der Waals surface area (Å²) in [6.45, 7) is 8.59. The van der Waals surface area contributed by atoms with Crippen molar-refractivity contribution in [3.8, 4) is 16.9 Å². The number of likely N-dealkylation sites (N-methyl/N-ethyl adjacent to an activating group) is 2. The molecule has 0 unspecified atom stereocenters. The third kappa shape index (κ3) is 10.7. The van der Waals surface area contributed by atoms with Gasteiger partial charge in [0, 0.05) is 54.5 Å². The molecule has 15 nitrogen and oxygen atoms in total. The zero-order valence-corrected chi connectivity index (χ0v) is 38.9. The molecule has 3 aliphatic carbocycles. The van der Waals surface area contributed by atoms with E-state index >= 15 is 0 Å². The van der Waals surface area contributed by atoms with E-state index in [1.807, 2.05) is 85.5 Å². The Balaban J connectivity index is 1.34. The molecule has 3 aromatic carbocycles. The predicted molar refractivity (Wildman–Crippen MR) is 243 cm³/mol. The Bertz CT molecular complexity index is 2170. The van der Waals surface area contributed by atoms with Crippen molar-refractivity contribution in [2.24, 2.45) is 29.1 Å². The van der Waals surface area contributed by atoms with Gasteiger partial charge in [0.2, 0.25) is 15.9 Å². The van der Waals surface area contributed by atoms with Gasteiger partial charge in [-0.1, -0.05) is 69.3 Å². The highest BCUT2D eigenvalue weighted by molar-refractivity contribution is 7.88. The van der Waals surface area contributed by atoms with E-state index in [4.69, 9.17) is 9.57 Å². The molecular formula is C47H68N6O9S. The van der Waals surface area contributed by atoms with Crippen molar-refractivity contribution in [2.75, 3.05) is 65.7 Å². The van der Waals surface area contributed by atoms with Gasteiger partial charge in [0.15, 0.2) is 0 Å². The summed E-state index contributed by atoms with van der Waals surface area (Å²) in [5.74, 6) is 0.378. The summed E-state index contributed by atoms with van der Waals surface area (Å²) in [6.07, 6.45) is 1.36. The average Bonchev–Trinajstić information content (AvgIpc) is 3.61. The van der Waals surface area contributed by atoms with Crippen LogP contribution in [0.5, 0.6) is 5.75 Å². The molecule has 6 N–H and O–H groups in total. The fraction of sp³-hybridized carbons (Fsp3) is 0.574. The van der Waals surface area contributed by atoms with Gasteiger partial charge in [0.05, 0.1) is 51.3 Å². The maximum atomic E-state index is 14.5. The minimum absolute atomic E-state index is 0.0159. The molecule has 0 aromatic heterocycles. The summed E-state index contributed by atoms with van der Waals surface area (Å²) in [6, 6.07) is 17.6. The normalized spacial score (nSPS) is 25.8. The van der Waals surface area contributed by atoms with Crippen LogP contribution >= 0.6 is 0 Å². The van der Waals surface area contributed by atoms with E-state index in [0.29, 0.717) is 52.1 Å². The quantitative estimate of drug-likeness (QED) is 0.103. The Hall–Kier alpha value is -4.13. The van der Waals surface area contributed by atoms with Gasteiger partial charge < -0.3 is 40.5 Å². The first-order valence-corrected chi connectivity index (χ1v) is 23.8. The highest BCUT2D eigenvalue weighted by Gasteiger charge is 2.57. The molecule has 0 radical (unpaired) electrons. The first-order chi connectivity index (χ1) is 29.8. The molecule has 16 heteroatoms. The Kier molecular flexibility index (Phi) is 15.3. The van der Waals surface area contributed by atoms with E-state index in [0.717, 1.165) is 12.7 Å². The van der Waals surface area contributed by atoms with E-state index in [1.54, 1.807) is 31.2 Å². The van der Waals surface area contributed by atoms with Gasteiger partial charge >= 0.3 is 0 Å². The minimum Gasteiger partial charge on any atom is -0.496 e. The molecule has 1 aliphatic heterocycles. The fourth-order valence-electron chi connectivity index (χ4n) is 10.4. The second-order valence-corrected chi connectivity index (χ2v) is 20.5. The Labute approximate surface area is 373 Å². The fourth-order valence-corrected chi connectivity index (χ4v) is 11.1. The van der Waals surface area contributed by atoms with Crippen molar-refractivity contribution in [1.82, 2.24) is 25.3 Å². The summed E-state index contributed by atoms with van der Waals surface area (Å²) < 4.78 is 34.2. The first-order valence-electron chi connectivity index (χ1n) is 21.9. The third-order valence-corrected chi connectivity index (χ3v) is 14.5. The molecule has 7 rings (SSSR count). The number of anilines is 1. The summed E-state index contributed by atoms with van der Waals surface area (Å²) in [7, 11) is 3.35. The lowest BCUT2D eigenvalue weighted by Crippen LogP contribution is -2.62. The molecular weight excluding hydrogens is 825 g/mol. The molecule has 1 saturated heterocycles. The number of nitrogens with one attached hydrogen (secondary N) is 3. The number of sulfonamides is 1. The average molecular weight is 893 g/mol. The lowest BCUT2D eigenvalue weighted by atomic mass is 9.45. The van der Waals surface area contributed by atoms with Crippen LogP contribution in [0.25, 0.3) is 11.1 Å². The number of methoxy groups -OCH3 is 1. The van der Waals surface area contributed by atoms with Gasteiger partial charge in [-0.05, 0) is 86.4 Å². The van der Waals surface area contributed by atoms with Crippen molar-refractivity contribution in [3.63, 3.8) is 0 Å². The van der Waals surface area contributed by atoms with Crippen LogP contribution in [0.15, 0.2) is 66.7 Å². The number of benzene rings is 3. The van der Waals surface area contributed by atoms with Gasteiger partial charge in [0.25, 0.3) is 5.91 Å². The number of carbonyl (C=O) groups is 2. The first kappa shape index (κ1) is 48.3. The van der Waals surface area contributed by atoms with Crippen LogP contribution in [0.4, 0.5) is 5.69 Å². The number of ether oxygens (including phenoxy) is 1. The van der Waals surface area contributed by atoms with Gasteiger partial charge in [-0.25, -0.2) is 13.1 Å². The zero-order valence-electron chi connectivity index (χ0n) is 38.1. The number of para-hydroxylation sites is 1. The molecule has 2 amide bonds. The molecule has 3 saturated carbocycles. The van der Waals surface area contributed by atoms with E-state index in [2.05, 4.69) is 36.1 Å². The molecule has 10 atom stereocenters. The molecule has 1 heterocycles. The second-order valence-electron chi connectivity index (χ2n) is 18.8. The van der Waals surface area contributed by atoms with Crippen molar-refractivity contribution >= 4 is 27.5 Å². The van der Waals surface area contributed by atoms with E-state index in [9.17, 15) is 33.3 Å². The van der Waals surface area contributed by atoms with Crippen molar-refractivity contribution in [3.05, 3.63) is 83.4 Å². The monoisotopic (exact) mass is 892 g/mol. The second kappa shape index (κ2) is 19.9. The SMILES string of the molecule is COc1c(CN2O[C@@H](CO)[C@@H]([C@H](C)O)[C@H]2C(=O)N[C@H]2C[C@@H]3C[C@H]([C@@H]2C)C3(C)C)cccc1-c1cc(C(=O)N[C@H](CN(C)C)[C@@H](NS(C)(=O)=O)c2ccccc2)cc(N(C)CCO)c1. The number of fused-ring (bicyclic) bond motifs is 2. The largest absolute Gasteiger partial charge is 0.496 e. The van der Waals surface area contributed by atoms with Crippen LogP contribution < -0.4 is 25.0 Å². The van der Waals surface area contributed by atoms with E-state index in [1.165, 1.54) is 6.42 Å². The smallest absolute Gasteiger partial charge is 0.251 e. The maximum absolute atomic E-state index is 14.5. The molecule has 63 heavy (non-hydrogen) atoms. The lowest BCUT2D eigenvalue weighted by molar-refractivity contribution is -0.183. The highest BCUT2D eigenvalue weighted by atomic mass is 32.2. The van der Waals surface area contributed by atoms with Crippen LogP contribution in [0, 0.1) is 29.1 Å². The Morgan fingerprint density at radius 2 is 1.75 bits per heavy atom. The predicted octanol–water partition coefficient (Wildman–Crippen LogP) is 3.40. The Morgan fingerprint density at radius 3 is 2.33 bits per heavy atom. The standard InChI is InChI=1S/C47H68N6O9S/c1-28-37-23-34(47(37,3)4)24-38(28)48-46(58)43-41(29(2)56)40(27-55)62-53(43)25-31-16-13-17-36(44(31)61-8)32-20-33(22-35(21-32)52(7)18-19-54)45(57)49-39(26-51(5)6)42(50-63(9,59)60)30-14-11-10-12-15-30/h10-17,20-22,28-29,34,37-43,50,54-56H,18-19,23-27H2,1-9H3,(H,48,58)(H,49,57)/t28-,29-,34-,37+,38-,39+,40-,41+,42-,43-/m0/s1. The summed E-state index contributed by atoms with van der Waals surface area (Å²) in [5, 5.41) is 39.4. The third-order valence-electron chi connectivity index (χ3n) is 13.8.